The Kier molecular flexibility index (Phi) is 4.35. The fourth-order valence-electron chi connectivity index (χ4n) is 1.98. The molecule has 1 heterocycles. The normalized spacial score (nSPS) is 11.6. The summed E-state index contributed by atoms with van der Waals surface area (Å²) < 4.78 is 1.59. The van der Waals surface area contributed by atoms with Crippen LogP contribution in [0.1, 0.15) is 30.8 Å². The SMILES string of the molecule is Cc1ccc(CCc2nnnn2CC(C)(C)C(=O)O)cc1. The topological polar surface area (TPSA) is 80.9 Å². The highest BCUT2D eigenvalue weighted by Crippen LogP contribution is 2.18. The Morgan fingerprint density at radius 2 is 1.90 bits per heavy atom. The first-order chi connectivity index (χ1) is 9.88. The van der Waals surface area contributed by atoms with Crippen LogP contribution in [0.2, 0.25) is 0 Å². The largest absolute Gasteiger partial charge is 0.481 e. The summed E-state index contributed by atoms with van der Waals surface area (Å²) in [4.78, 5) is 11.2. The molecule has 2 aromatic rings. The van der Waals surface area contributed by atoms with E-state index < -0.39 is 11.4 Å². The minimum Gasteiger partial charge on any atom is -0.481 e. The Balaban J connectivity index is 2.03. The number of tetrazole rings is 1. The van der Waals surface area contributed by atoms with E-state index in [0.717, 1.165) is 6.42 Å². The Bertz CT molecular complexity index is 617. The second kappa shape index (κ2) is 6.03. The first kappa shape index (κ1) is 15.2. The van der Waals surface area contributed by atoms with E-state index in [2.05, 4.69) is 46.7 Å². The monoisotopic (exact) mass is 288 g/mol. The highest BCUT2D eigenvalue weighted by atomic mass is 16.4. The minimum absolute atomic E-state index is 0.262. The molecule has 0 amide bonds. The molecule has 1 aromatic carbocycles. The van der Waals surface area contributed by atoms with Gasteiger partial charge in [-0.25, -0.2) is 4.68 Å². The van der Waals surface area contributed by atoms with Gasteiger partial charge in [0.15, 0.2) is 5.82 Å². The molecule has 112 valence electrons. The molecular formula is C15H20N4O2. The van der Waals surface area contributed by atoms with Crippen LogP contribution in [-0.2, 0) is 24.2 Å². The lowest BCUT2D eigenvalue weighted by Gasteiger charge is -2.19. The lowest BCUT2D eigenvalue weighted by molar-refractivity contribution is -0.147. The number of hydrogen-bond donors (Lipinski definition) is 1. The van der Waals surface area contributed by atoms with Crippen LogP contribution in [0.5, 0.6) is 0 Å². The van der Waals surface area contributed by atoms with Crippen LogP contribution < -0.4 is 0 Å². The van der Waals surface area contributed by atoms with E-state index >= 15 is 0 Å². The van der Waals surface area contributed by atoms with Crippen LogP contribution in [0.4, 0.5) is 0 Å². The van der Waals surface area contributed by atoms with Crippen molar-refractivity contribution < 1.29 is 9.90 Å². The quantitative estimate of drug-likeness (QED) is 0.877. The number of aliphatic carboxylic acids is 1. The molecule has 0 aliphatic heterocycles. The first-order valence-electron chi connectivity index (χ1n) is 6.92. The molecule has 0 atom stereocenters. The Labute approximate surface area is 123 Å². The van der Waals surface area contributed by atoms with Gasteiger partial charge in [0.25, 0.3) is 0 Å². The molecule has 1 aromatic heterocycles. The van der Waals surface area contributed by atoms with Gasteiger partial charge < -0.3 is 5.11 Å². The Hall–Kier alpha value is -2.24. The summed E-state index contributed by atoms with van der Waals surface area (Å²) in [5.74, 6) is -0.146. The van der Waals surface area contributed by atoms with Crippen LogP contribution in [0.3, 0.4) is 0 Å². The number of carbonyl (C=O) groups is 1. The van der Waals surface area contributed by atoms with Crippen LogP contribution in [0.15, 0.2) is 24.3 Å². The lowest BCUT2D eigenvalue weighted by Crippen LogP contribution is -2.30. The third kappa shape index (κ3) is 3.87. The van der Waals surface area contributed by atoms with Crippen molar-refractivity contribution in [2.75, 3.05) is 0 Å². The number of benzene rings is 1. The molecule has 0 saturated heterocycles. The Morgan fingerprint density at radius 3 is 2.52 bits per heavy atom. The zero-order valence-electron chi connectivity index (χ0n) is 12.6. The smallest absolute Gasteiger partial charge is 0.310 e. The zero-order chi connectivity index (χ0) is 15.5. The molecule has 0 bridgehead atoms. The maximum atomic E-state index is 11.2. The molecule has 0 unspecified atom stereocenters. The Morgan fingerprint density at radius 1 is 1.24 bits per heavy atom. The van der Waals surface area contributed by atoms with E-state index in [1.165, 1.54) is 11.1 Å². The first-order valence-corrected chi connectivity index (χ1v) is 6.92. The van der Waals surface area contributed by atoms with Crippen LogP contribution >= 0.6 is 0 Å². The van der Waals surface area contributed by atoms with Gasteiger partial charge in [0.1, 0.15) is 0 Å². The fraction of sp³-hybridized carbons (Fsp3) is 0.467. The van der Waals surface area contributed by atoms with Crippen molar-refractivity contribution in [3.05, 3.63) is 41.2 Å². The molecule has 0 aliphatic rings. The second-order valence-corrected chi connectivity index (χ2v) is 5.93. The number of rotatable bonds is 6. The predicted octanol–water partition coefficient (Wildman–Crippen LogP) is 1.88. The summed E-state index contributed by atoms with van der Waals surface area (Å²) in [6.07, 6.45) is 1.51. The molecule has 0 saturated carbocycles. The molecule has 2 rings (SSSR count). The fourth-order valence-corrected chi connectivity index (χ4v) is 1.98. The van der Waals surface area contributed by atoms with Crippen LogP contribution in [0.25, 0.3) is 0 Å². The predicted molar refractivity (Wildman–Crippen MR) is 77.8 cm³/mol. The van der Waals surface area contributed by atoms with E-state index in [0.29, 0.717) is 12.2 Å². The zero-order valence-corrected chi connectivity index (χ0v) is 12.6. The van der Waals surface area contributed by atoms with E-state index in [-0.39, 0.29) is 6.54 Å². The summed E-state index contributed by atoms with van der Waals surface area (Å²) in [6.45, 7) is 5.65. The van der Waals surface area contributed by atoms with Crippen molar-refractivity contribution in [1.29, 1.82) is 0 Å². The number of hydrogen-bond acceptors (Lipinski definition) is 4. The standard InChI is InChI=1S/C15H20N4O2/c1-11-4-6-12(7-5-11)8-9-13-16-17-18-19(13)10-15(2,3)14(20)21/h4-7H,8-10H2,1-3H3,(H,20,21). The maximum absolute atomic E-state index is 11.2. The van der Waals surface area contributed by atoms with Gasteiger partial charge in [0.2, 0.25) is 0 Å². The summed E-state index contributed by atoms with van der Waals surface area (Å²) >= 11 is 0. The van der Waals surface area contributed by atoms with E-state index in [4.69, 9.17) is 0 Å². The summed E-state index contributed by atoms with van der Waals surface area (Å²) in [7, 11) is 0. The van der Waals surface area contributed by atoms with Gasteiger partial charge in [-0.1, -0.05) is 29.8 Å². The van der Waals surface area contributed by atoms with Gasteiger partial charge in [-0.3, -0.25) is 4.79 Å². The molecule has 0 spiro atoms. The molecule has 6 nitrogen and oxygen atoms in total. The number of aromatic nitrogens is 4. The van der Waals surface area contributed by atoms with Crippen molar-refractivity contribution in [2.24, 2.45) is 5.41 Å². The molecule has 21 heavy (non-hydrogen) atoms. The maximum Gasteiger partial charge on any atom is 0.310 e. The van der Waals surface area contributed by atoms with Gasteiger partial charge >= 0.3 is 5.97 Å². The number of aryl methyl sites for hydroxylation is 3. The third-order valence-corrected chi connectivity index (χ3v) is 3.49. The molecule has 6 heteroatoms. The van der Waals surface area contributed by atoms with Crippen LogP contribution in [-0.4, -0.2) is 31.3 Å². The summed E-state index contributed by atoms with van der Waals surface area (Å²) in [5.41, 5.74) is 1.55. The molecule has 0 aliphatic carbocycles. The minimum atomic E-state index is -0.895. The van der Waals surface area contributed by atoms with Crippen molar-refractivity contribution in [2.45, 2.75) is 40.2 Å². The summed E-state index contributed by atoms with van der Waals surface area (Å²) in [6, 6.07) is 8.33. The second-order valence-electron chi connectivity index (χ2n) is 5.93. The lowest BCUT2D eigenvalue weighted by atomic mass is 9.94. The van der Waals surface area contributed by atoms with Crippen molar-refractivity contribution in [1.82, 2.24) is 20.2 Å². The van der Waals surface area contributed by atoms with E-state index in [1.807, 2.05) is 0 Å². The highest BCUT2D eigenvalue weighted by molar-refractivity contribution is 5.73. The van der Waals surface area contributed by atoms with Crippen molar-refractivity contribution >= 4 is 5.97 Å². The average molecular weight is 288 g/mol. The third-order valence-electron chi connectivity index (χ3n) is 3.49. The molecule has 0 fully saturated rings. The van der Waals surface area contributed by atoms with E-state index in [1.54, 1.807) is 18.5 Å². The summed E-state index contributed by atoms with van der Waals surface area (Å²) in [5, 5.41) is 20.7. The van der Waals surface area contributed by atoms with Gasteiger partial charge in [0.05, 0.1) is 12.0 Å². The van der Waals surface area contributed by atoms with Gasteiger partial charge in [-0.2, -0.15) is 0 Å². The molecule has 1 N–H and O–H groups in total. The van der Waals surface area contributed by atoms with Crippen LogP contribution in [0, 0.1) is 12.3 Å². The van der Waals surface area contributed by atoms with Crippen molar-refractivity contribution in [3.8, 4) is 0 Å². The van der Waals surface area contributed by atoms with Gasteiger partial charge in [0, 0.05) is 6.42 Å². The van der Waals surface area contributed by atoms with Gasteiger partial charge in [-0.05, 0) is 43.2 Å². The number of nitrogens with zero attached hydrogens (tertiary/aromatic N) is 4. The molecular weight excluding hydrogens is 268 g/mol. The van der Waals surface area contributed by atoms with Crippen molar-refractivity contribution in [3.63, 3.8) is 0 Å². The van der Waals surface area contributed by atoms with E-state index in [9.17, 15) is 9.90 Å². The highest BCUT2D eigenvalue weighted by Gasteiger charge is 2.29. The number of carboxylic acids is 1. The molecule has 0 radical (unpaired) electrons. The van der Waals surface area contributed by atoms with Gasteiger partial charge in [-0.15, -0.1) is 5.10 Å². The average Bonchev–Trinajstić information content (AvgIpc) is 2.84. The number of carboxylic acid groups (broad SMARTS) is 1.